The molecular formula is C24H19F3N4O5. The highest BCUT2D eigenvalue weighted by Gasteiger charge is 2.43. The molecule has 1 aliphatic rings. The Hall–Kier alpha value is -4.03. The molecule has 12 heteroatoms. The average Bonchev–Trinajstić information content (AvgIpc) is 3.64. The number of aliphatic hydroxyl groups is 1. The zero-order valence-electron chi connectivity index (χ0n) is 18.5. The van der Waals surface area contributed by atoms with Gasteiger partial charge in [0.15, 0.2) is 6.10 Å². The van der Waals surface area contributed by atoms with Crippen LogP contribution in [0.25, 0.3) is 34.3 Å². The Kier molecular flexibility index (Phi) is 6.29. The Labute approximate surface area is 201 Å². The summed E-state index contributed by atoms with van der Waals surface area (Å²) in [6, 6.07) is 13.7. The number of nitrogens with zero attached hydrogens (tertiary/aromatic N) is 3. The molecule has 36 heavy (non-hydrogen) atoms. The Bertz CT molecular complexity index is 1350. The average molecular weight is 500 g/mol. The van der Waals surface area contributed by atoms with Gasteiger partial charge in [-0.25, -0.2) is 0 Å². The molecule has 2 aromatic carbocycles. The third kappa shape index (κ3) is 4.72. The summed E-state index contributed by atoms with van der Waals surface area (Å²) in [6.45, 7) is 0.945. The highest BCUT2D eigenvalue weighted by atomic mass is 19.4. The molecule has 1 fully saturated rings. The van der Waals surface area contributed by atoms with E-state index >= 15 is 0 Å². The first-order valence-electron chi connectivity index (χ1n) is 10.9. The summed E-state index contributed by atoms with van der Waals surface area (Å²) in [5.41, 5.74) is -0.583. The molecule has 0 bridgehead atoms. The number of rotatable bonds is 6. The van der Waals surface area contributed by atoms with Crippen LogP contribution in [0.4, 0.5) is 13.2 Å². The molecule has 9 nitrogen and oxygen atoms in total. The number of carbonyl (C=O) groups is 1. The minimum Gasteiger partial charge on any atom is -0.379 e. The Morgan fingerprint density at radius 1 is 1.03 bits per heavy atom. The molecule has 4 aromatic rings. The topological polar surface area (TPSA) is 124 Å². The number of aliphatic hydroxyl groups excluding tert-OH is 1. The van der Waals surface area contributed by atoms with Crippen molar-refractivity contribution in [3.05, 3.63) is 65.7 Å². The summed E-state index contributed by atoms with van der Waals surface area (Å²) in [4.78, 5) is 16.3. The summed E-state index contributed by atoms with van der Waals surface area (Å²) < 4.78 is 57.0. The molecule has 1 saturated heterocycles. The number of benzene rings is 2. The number of ether oxygens (including phenoxy) is 1. The largest absolute Gasteiger partial charge is 0.422 e. The minimum absolute atomic E-state index is 0.00983. The molecule has 0 radical (unpaired) electrons. The van der Waals surface area contributed by atoms with Gasteiger partial charge in [0.05, 0.1) is 12.6 Å². The van der Waals surface area contributed by atoms with Crippen molar-refractivity contribution in [2.45, 2.75) is 24.7 Å². The highest BCUT2D eigenvalue weighted by molar-refractivity contribution is 5.82. The predicted octanol–water partition coefficient (Wildman–Crippen LogP) is 4.02. The van der Waals surface area contributed by atoms with E-state index in [2.05, 4.69) is 20.6 Å². The number of aromatic nitrogens is 3. The van der Waals surface area contributed by atoms with Gasteiger partial charge in [-0.15, -0.1) is 0 Å². The van der Waals surface area contributed by atoms with Crippen molar-refractivity contribution in [2.24, 2.45) is 0 Å². The highest BCUT2D eigenvalue weighted by Crippen LogP contribution is 2.43. The monoisotopic (exact) mass is 500 g/mol. The van der Waals surface area contributed by atoms with Crippen molar-refractivity contribution in [2.75, 3.05) is 13.2 Å². The van der Waals surface area contributed by atoms with E-state index in [0.717, 1.165) is 0 Å². The maximum absolute atomic E-state index is 13.9. The van der Waals surface area contributed by atoms with E-state index in [1.54, 1.807) is 18.2 Å². The molecule has 1 amide bonds. The minimum atomic E-state index is -4.79. The first kappa shape index (κ1) is 23.7. The van der Waals surface area contributed by atoms with Gasteiger partial charge < -0.3 is 24.2 Å². The molecule has 0 aliphatic carbocycles. The van der Waals surface area contributed by atoms with Gasteiger partial charge >= 0.3 is 6.18 Å². The standard InChI is InChI=1S/C24H19F3N4O5/c25-24(26,27)17-18(13-4-2-1-3-5-13)30-35-20(17)23-29-21(31-36-23)15-8-6-14(7-9-15)19(32)22(33)28-16-10-11-34-12-16/h1-9,16,19,32H,10-12H2,(H,28,33)/t16-,19?/m1/s1. The summed E-state index contributed by atoms with van der Waals surface area (Å²) in [5, 5.41) is 20.4. The zero-order chi connectivity index (χ0) is 25.3. The zero-order valence-corrected chi connectivity index (χ0v) is 18.5. The molecule has 186 valence electrons. The molecule has 1 aliphatic heterocycles. The van der Waals surface area contributed by atoms with Gasteiger partial charge in [-0.3, -0.25) is 4.79 Å². The fourth-order valence-corrected chi connectivity index (χ4v) is 3.82. The second-order valence-electron chi connectivity index (χ2n) is 8.12. The SMILES string of the molecule is O=C(N[C@@H]1CCOC1)C(O)c1ccc(-c2noc(-c3onc(-c4ccccc4)c3C(F)(F)F)n2)cc1. The Balaban J connectivity index is 1.38. The molecule has 2 aromatic heterocycles. The van der Waals surface area contributed by atoms with Gasteiger partial charge in [0.2, 0.25) is 11.6 Å². The summed E-state index contributed by atoms with van der Waals surface area (Å²) in [6.07, 6.45) is -5.52. The molecule has 1 unspecified atom stereocenters. The lowest BCUT2D eigenvalue weighted by molar-refractivity contribution is -0.137. The van der Waals surface area contributed by atoms with Crippen molar-refractivity contribution in [3.8, 4) is 34.3 Å². The van der Waals surface area contributed by atoms with Crippen molar-refractivity contribution in [1.29, 1.82) is 0 Å². The summed E-state index contributed by atoms with van der Waals surface area (Å²) >= 11 is 0. The van der Waals surface area contributed by atoms with Gasteiger partial charge in [-0.1, -0.05) is 64.9 Å². The summed E-state index contributed by atoms with van der Waals surface area (Å²) in [5.74, 6) is -1.75. The van der Waals surface area contributed by atoms with E-state index < -0.39 is 41.1 Å². The van der Waals surface area contributed by atoms with Crippen LogP contribution < -0.4 is 5.32 Å². The number of alkyl halides is 3. The molecule has 2 atom stereocenters. The first-order chi connectivity index (χ1) is 17.3. The van der Waals surface area contributed by atoms with Gasteiger partial charge in [-0.2, -0.15) is 18.2 Å². The van der Waals surface area contributed by atoms with Gasteiger partial charge in [0.25, 0.3) is 11.8 Å². The van der Waals surface area contributed by atoms with E-state index in [1.807, 2.05) is 0 Å². The molecule has 5 rings (SSSR count). The second-order valence-corrected chi connectivity index (χ2v) is 8.12. The van der Waals surface area contributed by atoms with Crippen LogP contribution in [0, 0.1) is 0 Å². The van der Waals surface area contributed by atoms with E-state index in [0.29, 0.717) is 30.8 Å². The molecule has 2 N–H and O–H groups in total. The fraction of sp³-hybridized carbons (Fsp3) is 0.250. The van der Waals surface area contributed by atoms with Gasteiger partial charge in [0, 0.05) is 17.7 Å². The van der Waals surface area contributed by atoms with E-state index in [9.17, 15) is 23.1 Å². The van der Waals surface area contributed by atoms with Crippen molar-refractivity contribution < 1.29 is 36.9 Å². The first-order valence-corrected chi connectivity index (χ1v) is 10.9. The van der Waals surface area contributed by atoms with Crippen LogP contribution in [0.15, 0.2) is 63.6 Å². The van der Waals surface area contributed by atoms with Crippen LogP contribution in [0.1, 0.15) is 23.7 Å². The number of nitrogens with one attached hydrogen (secondary N) is 1. The third-order valence-electron chi connectivity index (χ3n) is 5.65. The molecular weight excluding hydrogens is 481 g/mol. The van der Waals surface area contributed by atoms with Crippen LogP contribution in [-0.4, -0.2) is 45.6 Å². The normalized spacial score (nSPS) is 16.7. The van der Waals surface area contributed by atoms with Crippen LogP contribution >= 0.6 is 0 Å². The Morgan fingerprint density at radius 3 is 2.44 bits per heavy atom. The maximum Gasteiger partial charge on any atom is 0.422 e. The quantitative estimate of drug-likeness (QED) is 0.407. The lowest BCUT2D eigenvalue weighted by Crippen LogP contribution is -2.38. The summed E-state index contributed by atoms with van der Waals surface area (Å²) in [7, 11) is 0. The molecule has 0 spiro atoms. The van der Waals surface area contributed by atoms with E-state index in [4.69, 9.17) is 13.8 Å². The molecule has 3 heterocycles. The third-order valence-corrected chi connectivity index (χ3v) is 5.65. The van der Waals surface area contributed by atoms with E-state index in [-0.39, 0.29) is 17.4 Å². The Morgan fingerprint density at radius 2 is 1.78 bits per heavy atom. The fourth-order valence-electron chi connectivity index (χ4n) is 3.82. The lowest BCUT2D eigenvalue weighted by Gasteiger charge is -2.15. The van der Waals surface area contributed by atoms with Crippen molar-refractivity contribution in [3.63, 3.8) is 0 Å². The maximum atomic E-state index is 13.9. The lowest BCUT2D eigenvalue weighted by atomic mass is 10.1. The number of hydrogen-bond donors (Lipinski definition) is 2. The molecule has 0 saturated carbocycles. The van der Waals surface area contributed by atoms with Crippen LogP contribution in [0.3, 0.4) is 0 Å². The van der Waals surface area contributed by atoms with Crippen molar-refractivity contribution >= 4 is 5.91 Å². The van der Waals surface area contributed by atoms with E-state index in [1.165, 1.54) is 36.4 Å². The van der Waals surface area contributed by atoms with Crippen LogP contribution in [-0.2, 0) is 15.7 Å². The number of hydrogen-bond acceptors (Lipinski definition) is 8. The number of halogens is 3. The number of carbonyl (C=O) groups excluding carboxylic acids is 1. The van der Waals surface area contributed by atoms with Crippen molar-refractivity contribution in [1.82, 2.24) is 20.6 Å². The predicted molar refractivity (Wildman–Crippen MR) is 118 cm³/mol. The second kappa shape index (κ2) is 9.55. The van der Waals surface area contributed by atoms with Gasteiger partial charge in [0.1, 0.15) is 11.3 Å². The van der Waals surface area contributed by atoms with Gasteiger partial charge in [-0.05, 0) is 12.0 Å². The van der Waals surface area contributed by atoms with Crippen LogP contribution in [0.2, 0.25) is 0 Å². The number of amides is 1. The van der Waals surface area contributed by atoms with Crippen LogP contribution in [0.5, 0.6) is 0 Å². The smallest absolute Gasteiger partial charge is 0.379 e.